The molecule has 0 spiro atoms. The number of likely N-dealkylation sites (tertiary alicyclic amines) is 1. The first-order valence-electron chi connectivity index (χ1n) is 7.78. The smallest absolute Gasteiger partial charge is 0.244 e. The lowest BCUT2D eigenvalue weighted by molar-refractivity contribution is -0.137. The van der Waals surface area contributed by atoms with Crippen molar-refractivity contribution in [1.82, 2.24) is 25.3 Å². The third-order valence-electron chi connectivity index (χ3n) is 4.01. The van der Waals surface area contributed by atoms with E-state index in [9.17, 15) is 9.59 Å². The highest BCUT2D eigenvalue weighted by molar-refractivity contribution is 5.90. The number of hydrogen-bond acceptors (Lipinski definition) is 4. The molecule has 2 atom stereocenters. The monoisotopic (exact) mass is 343 g/mol. The van der Waals surface area contributed by atoms with E-state index in [2.05, 4.69) is 15.7 Å². The third kappa shape index (κ3) is 4.94. The van der Waals surface area contributed by atoms with Crippen LogP contribution in [0.25, 0.3) is 0 Å². The van der Waals surface area contributed by atoms with Crippen LogP contribution in [0.3, 0.4) is 0 Å². The predicted octanol–water partition coefficient (Wildman–Crippen LogP) is 0.620. The second kappa shape index (κ2) is 8.88. The molecule has 23 heavy (non-hydrogen) atoms. The van der Waals surface area contributed by atoms with E-state index in [4.69, 9.17) is 0 Å². The summed E-state index contributed by atoms with van der Waals surface area (Å²) < 4.78 is 1.65. The van der Waals surface area contributed by atoms with Gasteiger partial charge in [0.05, 0.1) is 6.20 Å². The highest BCUT2D eigenvalue weighted by Crippen LogP contribution is 2.13. The van der Waals surface area contributed by atoms with Crippen LogP contribution in [0.5, 0.6) is 0 Å². The average molecular weight is 344 g/mol. The third-order valence-corrected chi connectivity index (χ3v) is 4.01. The molecule has 8 heteroatoms. The number of piperidine rings is 1. The molecule has 1 fully saturated rings. The molecule has 0 aromatic carbocycles. The van der Waals surface area contributed by atoms with Gasteiger partial charge >= 0.3 is 0 Å². The van der Waals surface area contributed by atoms with Crippen molar-refractivity contribution in [3.05, 3.63) is 18.0 Å². The van der Waals surface area contributed by atoms with Crippen LogP contribution in [0.15, 0.2) is 12.4 Å². The van der Waals surface area contributed by atoms with E-state index < -0.39 is 12.1 Å². The van der Waals surface area contributed by atoms with Gasteiger partial charge in [-0.1, -0.05) is 0 Å². The van der Waals surface area contributed by atoms with Crippen molar-refractivity contribution in [2.45, 2.75) is 38.3 Å². The maximum absolute atomic E-state index is 12.4. The van der Waals surface area contributed by atoms with E-state index in [1.807, 2.05) is 4.90 Å². The Morgan fingerprint density at radius 1 is 1.26 bits per heavy atom. The molecule has 1 aromatic rings. The number of aryl methyl sites for hydroxylation is 1. The molecule has 2 amide bonds. The first kappa shape index (κ1) is 19.4. The van der Waals surface area contributed by atoms with Gasteiger partial charge in [-0.25, -0.2) is 0 Å². The highest BCUT2D eigenvalue weighted by atomic mass is 35.5. The first-order chi connectivity index (χ1) is 10.5. The molecule has 1 aromatic heterocycles. The zero-order valence-electron chi connectivity index (χ0n) is 13.9. The first-order valence-corrected chi connectivity index (χ1v) is 7.78. The predicted molar refractivity (Wildman–Crippen MR) is 90.3 cm³/mol. The molecule has 130 valence electrons. The summed E-state index contributed by atoms with van der Waals surface area (Å²) in [6.07, 6.45) is 6.70. The van der Waals surface area contributed by atoms with Gasteiger partial charge in [0.25, 0.3) is 0 Å². The van der Waals surface area contributed by atoms with Crippen molar-refractivity contribution < 1.29 is 9.59 Å². The van der Waals surface area contributed by atoms with Gasteiger partial charge in [0.1, 0.15) is 12.1 Å². The Kier molecular flexibility index (Phi) is 7.51. The van der Waals surface area contributed by atoms with Crippen LogP contribution < -0.4 is 10.6 Å². The Labute approximate surface area is 143 Å². The van der Waals surface area contributed by atoms with Gasteiger partial charge in [0.15, 0.2) is 0 Å². The van der Waals surface area contributed by atoms with Gasteiger partial charge in [-0.3, -0.25) is 14.3 Å². The quantitative estimate of drug-likeness (QED) is 0.821. The van der Waals surface area contributed by atoms with E-state index in [0.29, 0.717) is 0 Å². The minimum Gasteiger partial charge on any atom is -0.343 e. The fourth-order valence-electron chi connectivity index (χ4n) is 2.78. The molecule has 0 bridgehead atoms. The van der Waals surface area contributed by atoms with E-state index in [1.165, 1.54) is 6.42 Å². The Bertz CT molecular complexity index is 528. The average Bonchev–Trinajstić information content (AvgIpc) is 2.94. The number of likely N-dealkylation sites (N-methyl/N-ethyl adjacent to an activating group) is 1. The van der Waals surface area contributed by atoms with Crippen LogP contribution in [-0.4, -0.2) is 52.7 Å². The van der Waals surface area contributed by atoms with Crippen LogP contribution in [-0.2, 0) is 16.6 Å². The largest absolute Gasteiger partial charge is 0.343 e. The summed E-state index contributed by atoms with van der Waals surface area (Å²) in [5, 5.41) is 9.85. The molecule has 7 nitrogen and oxygen atoms in total. The lowest BCUT2D eigenvalue weighted by atomic mass is 10.1. The lowest BCUT2D eigenvalue weighted by Crippen LogP contribution is -2.50. The molecule has 0 saturated carbocycles. The van der Waals surface area contributed by atoms with E-state index in [1.54, 1.807) is 38.1 Å². The Morgan fingerprint density at radius 3 is 2.43 bits per heavy atom. The van der Waals surface area contributed by atoms with Crippen molar-refractivity contribution in [2.75, 3.05) is 20.1 Å². The number of aromatic nitrogens is 2. The lowest BCUT2D eigenvalue weighted by Gasteiger charge is -2.30. The fraction of sp³-hybridized carbons (Fsp3) is 0.667. The molecule has 1 aliphatic rings. The number of nitrogens with one attached hydrogen (secondary N) is 2. The number of carbonyl (C=O) groups is 2. The van der Waals surface area contributed by atoms with E-state index >= 15 is 0 Å². The molecule has 2 heterocycles. The molecule has 0 aliphatic carbocycles. The summed E-state index contributed by atoms with van der Waals surface area (Å²) in [5.41, 5.74) is 0.778. The molecule has 0 radical (unpaired) electrons. The molecule has 1 aliphatic heterocycles. The second-order valence-electron chi connectivity index (χ2n) is 5.79. The number of hydrogen-bond donors (Lipinski definition) is 2. The fourth-order valence-corrected chi connectivity index (χ4v) is 2.78. The van der Waals surface area contributed by atoms with Gasteiger partial charge in [0.2, 0.25) is 11.8 Å². The highest BCUT2D eigenvalue weighted by Gasteiger charge is 2.27. The van der Waals surface area contributed by atoms with E-state index in [-0.39, 0.29) is 24.2 Å². The Hall–Kier alpha value is -1.60. The summed E-state index contributed by atoms with van der Waals surface area (Å²) in [7, 11) is 3.52. The van der Waals surface area contributed by atoms with Crippen molar-refractivity contribution in [3.63, 3.8) is 0 Å². The molecule has 1 saturated heterocycles. The zero-order chi connectivity index (χ0) is 16.1. The van der Waals surface area contributed by atoms with Crippen molar-refractivity contribution >= 4 is 24.2 Å². The standard InChI is InChI=1S/C15H25N5O2.ClH/c1-11(15(22)20-7-5-4-6-8-20)18-14(21)13(16-2)12-9-17-19(3)10-12;/h9-11,13,16H,4-8H2,1-3H3,(H,18,21);1H. The van der Waals surface area contributed by atoms with E-state index in [0.717, 1.165) is 31.5 Å². The van der Waals surface area contributed by atoms with Gasteiger partial charge in [0, 0.05) is 31.9 Å². The summed E-state index contributed by atoms with van der Waals surface area (Å²) in [6.45, 7) is 3.32. The molecule has 2 unspecified atom stereocenters. The number of halogens is 1. The van der Waals surface area contributed by atoms with Crippen molar-refractivity contribution in [3.8, 4) is 0 Å². The maximum Gasteiger partial charge on any atom is 0.244 e. The van der Waals surface area contributed by atoms with Crippen molar-refractivity contribution in [1.29, 1.82) is 0 Å². The minimum absolute atomic E-state index is 0. The molecular formula is C15H26ClN5O2. The summed E-state index contributed by atoms with van der Waals surface area (Å²) in [4.78, 5) is 26.6. The number of rotatable bonds is 5. The molecule has 2 rings (SSSR count). The van der Waals surface area contributed by atoms with Crippen molar-refractivity contribution in [2.24, 2.45) is 7.05 Å². The number of nitrogens with zero attached hydrogens (tertiary/aromatic N) is 3. The van der Waals surface area contributed by atoms with Crippen LogP contribution in [0.1, 0.15) is 37.8 Å². The maximum atomic E-state index is 12.4. The topological polar surface area (TPSA) is 79.3 Å². The van der Waals surface area contributed by atoms with Gasteiger partial charge in [-0.05, 0) is 33.2 Å². The summed E-state index contributed by atoms with van der Waals surface area (Å²) >= 11 is 0. The molecule has 2 N–H and O–H groups in total. The summed E-state index contributed by atoms with van der Waals surface area (Å²) in [6, 6.07) is -1.02. The Morgan fingerprint density at radius 2 is 1.91 bits per heavy atom. The number of amides is 2. The van der Waals surface area contributed by atoms with Crippen LogP contribution in [0, 0.1) is 0 Å². The van der Waals surface area contributed by atoms with Gasteiger partial charge in [-0.2, -0.15) is 5.10 Å². The zero-order valence-corrected chi connectivity index (χ0v) is 14.7. The normalized spacial score (nSPS) is 17.1. The van der Waals surface area contributed by atoms with Gasteiger partial charge < -0.3 is 15.5 Å². The van der Waals surface area contributed by atoms with Crippen LogP contribution in [0.2, 0.25) is 0 Å². The Balaban J connectivity index is 0.00000264. The van der Waals surface area contributed by atoms with Gasteiger partial charge in [-0.15, -0.1) is 12.4 Å². The van der Waals surface area contributed by atoms with Crippen LogP contribution in [0.4, 0.5) is 0 Å². The minimum atomic E-state index is -0.516. The number of carbonyl (C=O) groups excluding carboxylic acids is 2. The second-order valence-corrected chi connectivity index (χ2v) is 5.79. The SMILES string of the molecule is CNC(C(=O)NC(C)C(=O)N1CCCCC1)c1cnn(C)c1.Cl. The van der Waals surface area contributed by atoms with Crippen LogP contribution >= 0.6 is 12.4 Å². The summed E-state index contributed by atoms with van der Waals surface area (Å²) in [5.74, 6) is -0.220. The molecular weight excluding hydrogens is 318 g/mol.